The summed E-state index contributed by atoms with van der Waals surface area (Å²) in [5, 5.41) is 13.2. The van der Waals surface area contributed by atoms with Crippen molar-refractivity contribution in [1.29, 1.82) is 0 Å². The first-order valence-corrected chi connectivity index (χ1v) is 5.16. The standard InChI is InChI=1S/C10H18F2N2O3/c1-10(2,3)9(17)14-5-7(16)13-4-6(15)8(11)12/h6,8,15H,4-5H2,1-3H3,(H,13,16)(H,14,17). The molecule has 0 aromatic carbocycles. The van der Waals surface area contributed by atoms with E-state index in [2.05, 4.69) is 10.6 Å². The molecule has 0 radical (unpaired) electrons. The highest BCUT2D eigenvalue weighted by Crippen LogP contribution is 2.11. The van der Waals surface area contributed by atoms with Crippen molar-refractivity contribution in [3.63, 3.8) is 0 Å². The number of aliphatic hydroxyl groups excluding tert-OH is 1. The molecule has 3 N–H and O–H groups in total. The Balaban J connectivity index is 3.86. The van der Waals surface area contributed by atoms with Gasteiger partial charge in [0, 0.05) is 12.0 Å². The number of nitrogens with one attached hydrogen (secondary N) is 2. The van der Waals surface area contributed by atoms with Gasteiger partial charge in [0.05, 0.1) is 6.54 Å². The van der Waals surface area contributed by atoms with Crippen molar-refractivity contribution >= 4 is 11.8 Å². The number of carbonyl (C=O) groups excluding carboxylic acids is 2. The van der Waals surface area contributed by atoms with Gasteiger partial charge in [0.15, 0.2) is 0 Å². The molecule has 0 aromatic rings. The lowest BCUT2D eigenvalue weighted by Gasteiger charge is -2.17. The molecule has 1 unspecified atom stereocenters. The van der Waals surface area contributed by atoms with Crippen LogP contribution in [0.2, 0.25) is 0 Å². The number of aliphatic hydroxyl groups is 1. The van der Waals surface area contributed by atoms with Crippen LogP contribution in [0.25, 0.3) is 0 Å². The molecule has 2 amide bonds. The van der Waals surface area contributed by atoms with Crippen LogP contribution in [0.15, 0.2) is 0 Å². The minimum atomic E-state index is -2.90. The second kappa shape index (κ2) is 6.48. The van der Waals surface area contributed by atoms with Crippen molar-refractivity contribution in [2.75, 3.05) is 13.1 Å². The maximum absolute atomic E-state index is 11.9. The van der Waals surface area contributed by atoms with Crippen molar-refractivity contribution in [3.8, 4) is 0 Å². The van der Waals surface area contributed by atoms with Crippen molar-refractivity contribution in [1.82, 2.24) is 10.6 Å². The Kier molecular flexibility index (Phi) is 6.01. The van der Waals surface area contributed by atoms with Crippen LogP contribution in [0.3, 0.4) is 0 Å². The van der Waals surface area contributed by atoms with Crippen molar-refractivity contribution in [2.45, 2.75) is 33.3 Å². The van der Waals surface area contributed by atoms with E-state index in [1.54, 1.807) is 20.8 Å². The fraction of sp³-hybridized carbons (Fsp3) is 0.800. The van der Waals surface area contributed by atoms with E-state index in [0.717, 1.165) is 0 Å². The highest BCUT2D eigenvalue weighted by atomic mass is 19.3. The second-order valence-corrected chi connectivity index (χ2v) is 4.64. The maximum atomic E-state index is 11.9. The van der Waals surface area contributed by atoms with E-state index < -0.39 is 30.4 Å². The zero-order valence-corrected chi connectivity index (χ0v) is 10.1. The summed E-state index contributed by atoms with van der Waals surface area (Å²) >= 11 is 0. The summed E-state index contributed by atoms with van der Waals surface area (Å²) in [5.74, 6) is -0.940. The van der Waals surface area contributed by atoms with E-state index in [0.29, 0.717) is 0 Å². The topological polar surface area (TPSA) is 78.4 Å². The molecule has 0 aliphatic rings. The summed E-state index contributed by atoms with van der Waals surface area (Å²) in [5.41, 5.74) is -0.622. The number of amides is 2. The molecule has 0 aromatic heterocycles. The summed E-state index contributed by atoms with van der Waals surface area (Å²) in [4.78, 5) is 22.5. The van der Waals surface area contributed by atoms with Gasteiger partial charge >= 0.3 is 0 Å². The molecule has 0 bridgehead atoms. The van der Waals surface area contributed by atoms with Crippen LogP contribution in [-0.4, -0.2) is 42.5 Å². The van der Waals surface area contributed by atoms with Crippen LogP contribution in [0.1, 0.15) is 20.8 Å². The molecule has 17 heavy (non-hydrogen) atoms. The molecule has 0 fully saturated rings. The van der Waals surface area contributed by atoms with E-state index in [4.69, 9.17) is 5.11 Å². The maximum Gasteiger partial charge on any atom is 0.265 e. The van der Waals surface area contributed by atoms with Gasteiger partial charge in [0.25, 0.3) is 6.43 Å². The molecular formula is C10H18F2N2O3. The largest absolute Gasteiger partial charge is 0.385 e. The molecule has 5 nitrogen and oxygen atoms in total. The quantitative estimate of drug-likeness (QED) is 0.639. The summed E-state index contributed by atoms with van der Waals surface area (Å²) in [7, 11) is 0. The van der Waals surface area contributed by atoms with Crippen LogP contribution in [0.4, 0.5) is 8.78 Å². The van der Waals surface area contributed by atoms with Gasteiger partial charge in [0.1, 0.15) is 6.10 Å². The Labute approximate surface area is 98.6 Å². The minimum absolute atomic E-state index is 0.300. The van der Waals surface area contributed by atoms with Gasteiger partial charge in [0.2, 0.25) is 11.8 Å². The lowest BCUT2D eigenvalue weighted by molar-refractivity contribution is -0.131. The average Bonchev–Trinajstić information content (AvgIpc) is 2.20. The van der Waals surface area contributed by atoms with Crippen LogP contribution < -0.4 is 10.6 Å². The highest BCUT2D eigenvalue weighted by molar-refractivity contribution is 5.87. The van der Waals surface area contributed by atoms with Crippen LogP contribution >= 0.6 is 0 Å². The first-order valence-electron chi connectivity index (χ1n) is 5.16. The van der Waals surface area contributed by atoms with Crippen LogP contribution in [-0.2, 0) is 9.59 Å². The molecule has 100 valence electrons. The molecule has 0 aliphatic heterocycles. The number of halogens is 2. The number of hydrogen-bond donors (Lipinski definition) is 3. The molecule has 0 saturated carbocycles. The Morgan fingerprint density at radius 3 is 2.18 bits per heavy atom. The zero-order chi connectivity index (χ0) is 13.6. The van der Waals surface area contributed by atoms with E-state index >= 15 is 0 Å². The fourth-order valence-electron chi connectivity index (χ4n) is 0.796. The zero-order valence-electron chi connectivity index (χ0n) is 10.1. The van der Waals surface area contributed by atoms with Crippen LogP contribution in [0.5, 0.6) is 0 Å². The highest BCUT2D eigenvalue weighted by Gasteiger charge is 2.22. The lowest BCUT2D eigenvalue weighted by atomic mass is 9.96. The summed E-state index contributed by atoms with van der Waals surface area (Å²) < 4.78 is 23.8. The smallest absolute Gasteiger partial charge is 0.265 e. The van der Waals surface area contributed by atoms with Crippen LogP contribution in [0, 0.1) is 5.41 Å². The second-order valence-electron chi connectivity index (χ2n) is 4.64. The van der Waals surface area contributed by atoms with Crippen molar-refractivity contribution in [3.05, 3.63) is 0 Å². The molecule has 0 aliphatic carbocycles. The number of rotatable bonds is 5. The molecule has 0 rings (SSSR count). The van der Waals surface area contributed by atoms with Gasteiger partial charge in [-0.25, -0.2) is 8.78 Å². The molecular weight excluding hydrogens is 234 g/mol. The van der Waals surface area contributed by atoms with Gasteiger partial charge in [-0.3, -0.25) is 9.59 Å². The molecule has 0 heterocycles. The van der Waals surface area contributed by atoms with E-state index in [9.17, 15) is 18.4 Å². The molecule has 1 atom stereocenters. The van der Waals surface area contributed by atoms with Gasteiger partial charge in [-0.1, -0.05) is 20.8 Å². The number of hydrogen-bond acceptors (Lipinski definition) is 3. The third-order valence-electron chi connectivity index (χ3n) is 1.89. The monoisotopic (exact) mass is 252 g/mol. The average molecular weight is 252 g/mol. The first-order chi connectivity index (χ1) is 7.64. The number of alkyl halides is 2. The summed E-state index contributed by atoms with van der Waals surface area (Å²) in [6.07, 6.45) is -4.79. The summed E-state index contributed by atoms with van der Waals surface area (Å²) in [6, 6.07) is 0. The fourth-order valence-corrected chi connectivity index (χ4v) is 0.796. The predicted molar refractivity (Wildman–Crippen MR) is 57.5 cm³/mol. The Hall–Kier alpha value is -1.24. The Bertz CT molecular complexity index is 277. The molecule has 0 spiro atoms. The normalized spacial score (nSPS) is 13.4. The van der Waals surface area contributed by atoms with Crippen molar-refractivity contribution < 1.29 is 23.5 Å². The molecule has 0 saturated heterocycles. The van der Waals surface area contributed by atoms with Gasteiger partial charge < -0.3 is 15.7 Å². The lowest BCUT2D eigenvalue weighted by Crippen LogP contribution is -2.44. The van der Waals surface area contributed by atoms with Gasteiger partial charge in [-0.15, -0.1) is 0 Å². The molecule has 7 heteroatoms. The van der Waals surface area contributed by atoms with E-state index in [1.807, 2.05) is 0 Å². The van der Waals surface area contributed by atoms with E-state index in [-0.39, 0.29) is 12.5 Å². The van der Waals surface area contributed by atoms with E-state index in [1.165, 1.54) is 0 Å². The van der Waals surface area contributed by atoms with Gasteiger partial charge in [-0.05, 0) is 0 Å². The minimum Gasteiger partial charge on any atom is -0.385 e. The van der Waals surface area contributed by atoms with Gasteiger partial charge in [-0.2, -0.15) is 0 Å². The third kappa shape index (κ3) is 6.83. The number of carbonyl (C=O) groups is 2. The Morgan fingerprint density at radius 2 is 1.76 bits per heavy atom. The SMILES string of the molecule is CC(C)(C)C(=O)NCC(=O)NCC(O)C(F)F. The third-order valence-corrected chi connectivity index (χ3v) is 1.89. The first kappa shape index (κ1) is 15.8. The summed E-state index contributed by atoms with van der Waals surface area (Å²) in [6.45, 7) is 4.20. The predicted octanol–water partition coefficient (Wildman–Crippen LogP) is -0.109. The Morgan fingerprint density at radius 1 is 1.24 bits per heavy atom. The van der Waals surface area contributed by atoms with Crippen molar-refractivity contribution in [2.24, 2.45) is 5.41 Å².